The molecule has 2 heterocycles. The summed E-state index contributed by atoms with van der Waals surface area (Å²) in [6.45, 7) is 0. The fourth-order valence-electron chi connectivity index (χ4n) is 1.41. The first-order chi connectivity index (χ1) is 6.27. The van der Waals surface area contributed by atoms with Gasteiger partial charge in [-0.25, -0.2) is 0 Å². The Morgan fingerprint density at radius 1 is 1.08 bits per heavy atom. The molecule has 0 radical (unpaired) electrons. The summed E-state index contributed by atoms with van der Waals surface area (Å²) in [6.07, 6.45) is 0. The zero-order valence-electron chi connectivity index (χ0n) is 6.29. The lowest BCUT2D eigenvalue weighted by atomic mass is 10.1. The Labute approximate surface area is 80.4 Å². The van der Waals surface area contributed by atoms with Crippen LogP contribution >= 0.6 is 20.7 Å². The zero-order chi connectivity index (χ0) is 9.00. The fraction of sp³-hybridized carbons (Fsp3) is 0. The van der Waals surface area contributed by atoms with Gasteiger partial charge in [0.1, 0.15) is 0 Å². The van der Waals surface area contributed by atoms with Gasteiger partial charge >= 0.3 is 0 Å². The highest BCUT2D eigenvalue weighted by Gasteiger charge is 2.29. The third kappa shape index (κ3) is 0.777. The molecule has 1 aliphatic rings. The van der Waals surface area contributed by atoms with Gasteiger partial charge in [-0.2, -0.15) is 0 Å². The Morgan fingerprint density at radius 3 is 2.62 bits per heavy atom. The van der Waals surface area contributed by atoms with Crippen LogP contribution in [0.4, 0.5) is 0 Å². The molecule has 1 aliphatic heterocycles. The van der Waals surface area contributed by atoms with Gasteiger partial charge in [0.15, 0.2) is 0 Å². The molecule has 64 valence electrons. The number of hydrogen-bond donors (Lipinski definition) is 1. The van der Waals surface area contributed by atoms with E-state index in [9.17, 15) is 9.59 Å². The second-order valence-electron chi connectivity index (χ2n) is 2.77. The van der Waals surface area contributed by atoms with Crippen molar-refractivity contribution >= 4 is 41.9 Å². The molecule has 0 bridgehead atoms. The van der Waals surface area contributed by atoms with E-state index in [1.54, 1.807) is 26.7 Å². The highest BCUT2D eigenvalue weighted by Crippen LogP contribution is 2.37. The Bertz CT molecular complexity index is 537. The number of fused-ring (bicyclic) bond motifs is 3. The number of hydrogen-bond acceptors (Lipinski definition) is 4. The molecule has 0 aliphatic carbocycles. The summed E-state index contributed by atoms with van der Waals surface area (Å²) < 4.78 is 2.04. The van der Waals surface area contributed by atoms with Gasteiger partial charge in [-0.3, -0.25) is 14.9 Å². The normalized spacial score (nSPS) is 15.1. The van der Waals surface area contributed by atoms with Crippen molar-refractivity contribution in [3.8, 4) is 0 Å². The molecule has 1 aromatic carbocycles. The van der Waals surface area contributed by atoms with Gasteiger partial charge in [0, 0.05) is 0 Å². The lowest BCUT2D eigenvalue weighted by molar-refractivity contribution is 0.0880. The predicted molar refractivity (Wildman–Crippen MR) is 51.5 cm³/mol. The van der Waals surface area contributed by atoms with Gasteiger partial charge in [-0.05, 0) is 12.1 Å². The molecule has 3 rings (SSSR count). The summed E-state index contributed by atoms with van der Waals surface area (Å²) in [7, 11) is 3.17. The summed E-state index contributed by atoms with van der Waals surface area (Å²) in [4.78, 5) is 22.5. The van der Waals surface area contributed by atoms with E-state index in [0.29, 0.717) is 11.1 Å². The number of carbonyl (C=O) groups is 2. The van der Waals surface area contributed by atoms with Gasteiger partial charge in [-0.1, -0.05) is 20.7 Å². The lowest BCUT2D eigenvalue weighted by Gasteiger charge is -2.01. The Hall–Kier alpha value is -1.20. The predicted octanol–water partition coefficient (Wildman–Crippen LogP) is 1.85. The van der Waals surface area contributed by atoms with Gasteiger partial charge in [-0.15, -0.1) is 0 Å². The maximum Gasteiger partial charge on any atom is 0.260 e. The lowest BCUT2D eigenvalue weighted by Crippen LogP contribution is -2.19. The summed E-state index contributed by atoms with van der Waals surface area (Å²) >= 11 is 0. The minimum Gasteiger partial charge on any atom is -0.288 e. The Balaban J connectivity index is 2.46. The van der Waals surface area contributed by atoms with E-state index < -0.39 is 0 Å². The largest absolute Gasteiger partial charge is 0.288 e. The highest BCUT2D eigenvalue weighted by atomic mass is 32.9. The van der Waals surface area contributed by atoms with Crippen molar-refractivity contribution in [2.24, 2.45) is 0 Å². The molecular formula is C8H3NO2S2. The molecule has 0 fully saturated rings. The first kappa shape index (κ1) is 7.23. The smallest absolute Gasteiger partial charge is 0.260 e. The molecule has 0 saturated carbocycles. The summed E-state index contributed by atoms with van der Waals surface area (Å²) in [5.41, 5.74) is 1.07. The first-order valence-corrected chi connectivity index (χ1v) is 5.79. The van der Waals surface area contributed by atoms with E-state index in [2.05, 4.69) is 5.32 Å². The van der Waals surface area contributed by atoms with Crippen molar-refractivity contribution in [3.63, 3.8) is 0 Å². The third-order valence-corrected chi connectivity index (χ3v) is 4.65. The molecule has 1 aromatic heterocycles. The van der Waals surface area contributed by atoms with Crippen LogP contribution in [0.1, 0.15) is 20.7 Å². The standard InChI is InChI=1S/C8H3NO2S2/c10-7-3-1-2-4-6(13-12-4)5(3)8(11)9-7/h1-2H,(H,9,10,11). The van der Waals surface area contributed by atoms with Crippen molar-refractivity contribution in [1.29, 1.82) is 0 Å². The van der Waals surface area contributed by atoms with Crippen LogP contribution in [0.5, 0.6) is 0 Å². The molecule has 0 spiro atoms. The fourth-order valence-corrected chi connectivity index (χ4v) is 3.46. The van der Waals surface area contributed by atoms with Crippen molar-refractivity contribution in [3.05, 3.63) is 23.3 Å². The van der Waals surface area contributed by atoms with E-state index >= 15 is 0 Å². The second kappa shape index (κ2) is 2.18. The van der Waals surface area contributed by atoms with Crippen LogP contribution in [0.25, 0.3) is 9.40 Å². The van der Waals surface area contributed by atoms with Gasteiger partial charge in [0.2, 0.25) is 0 Å². The Morgan fingerprint density at radius 2 is 1.92 bits per heavy atom. The molecular weight excluding hydrogens is 206 g/mol. The minimum atomic E-state index is -0.277. The molecule has 2 amide bonds. The van der Waals surface area contributed by atoms with Crippen molar-refractivity contribution < 1.29 is 9.59 Å². The number of amides is 2. The average Bonchev–Trinajstić information content (AvgIpc) is 2.29. The second-order valence-corrected chi connectivity index (χ2v) is 4.95. The molecule has 0 saturated heterocycles. The van der Waals surface area contributed by atoms with Crippen LogP contribution in [0.2, 0.25) is 0 Å². The highest BCUT2D eigenvalue weighted by molar-refractivity contribution is 7.78. The Kier molecular flexibility index (Phi) is 1.21. The van der Waals surface area contributed by atoms with Crippen molar-refractivity contribution in [2.45, 2.75) is 0 Å². The van der Waals surface area contributed by atoms with E-state index in [1.165, 1.54) is 0 Å². The maximum atomic E-state index is 11.3. The van der Waals surface area contributed by atoms with Crippen molar-refractivity contribution in [1.82, 2.24) is 5.32 Å². The van der Waals surface area contributed by atoms with Crippen LogP contribution < -0.4 is 5.32 Å². The van der Waals surface area contributed by atoms with Gasteiger partial charge < -0.3 is 0 Å². The topological polar surface area (TPSA) is 46.2 Å². The van der Waals surface area contributed by atoms with Crippen LogP contribution in [-0.4, -0.2) is 11.8 Å². The summed E-state index contributed by atoms with van der Waals surface area (Å²) in [5.74, 6) is -0.537. The molecule has 13 heavy (non-hydrogen) atoms. The quantitative estimate of drug-likeness (QED) is 0.531. The van der Waals surface area contributed by atoms with Crippen molar-refractivity contribution in [2.75, 3.05) is 0 Å². The molecule has 3 nitrogen and oxygen atoms in total. The third-order valence-electron chi connectivity index (χ3n) is 2.04. The molecule has 1 N–H and O–H groups in total. The van der Waals surface area contributed by atoms with Crippen LogP contribution in [0.15, 0.2) is 12.1 Å². The van der Waals surface area contributed by atoms with E-state index in [-0.39, 0.29) is 11.8 Å². The van der Waals surface area contributed by atoms with Gasteiger partial charge in [0.25, 0.3) is 11.8 Å². The van der Waals surface area contributed by atoms with Crippen LogP contribution in [0, 0.1) is 0 Å². The van der Waals surface area contributed by atoms with Crippen LogP contribution in [-0.2, 0) is 0 Å². The first-order valence-electron chi connectivity index (χ1n) is 3.64. The van der Waals surface area contributed by atoms with E-state index in [1.807, 2.05) is 6.07 Å². The maximum absolute atomic E-state index is 11.3. The minimum absolute atomic E-state index is 0.260. The number of rotatable bonds is 0. The zero-order valence-corrected chi connectivity index (χ0v) is 7.92. The monoisotopic (exact) mass is 209 g/mol. The molecule has 2 aromatic rings. The number of imide groups is 1. The summed E-state index contributed by atoms with van der Waals surface area (Å²) in [5, 5.41) is 2.28. The molecule has 0 atom stereocenters. The number of carbonyl (C=O) groups excluding carboxylic acids is 2. The molecule has 5 heteroatoms. The SMILES string of the molecule is O=C1NC(=O)c2c1ccc1ssc21. The number of benzene rings is 1. The van der Waals surface area contributed by atoms with E-state index in [0.717, 1.165) is 9.40 Å². The summed E-state index contributed by atoms with van der Waals surface area (Å²) in [6, 6.07) is 3.59. The molecule has 0 unspecified atom stereocenters. The average molecular weight is 209 g/mol. The van der Waals surface area contributed by atoms with E-state index in [4.69, 9.17) is 0 Å². The van der Waals surface area contributed by atoms with Gasteiger partial charge in [0.05, 0.1) is 20.5 Å². The van der Waals surface area contributed by atoms with Crippen LogP contribution in [0.3, 0.4) is 0 Å². The number of nitrogens with one attached hydrogen (secondary N) is 1.